The van der Waals surface area contributed by atoms with Gasteiger partial charge in [0.15, 0.2) is 0 Å². The van der Waals surface area contributed by atoms with Crippen LogP contribution < -0.4 is 0 Å². The van der Waals surface area contributed by atoms with E-state index in [1.165, 1.54) is 19.3 Å². The van der Waals surface area contributed by atoms with Crippen molar-refractivity contribution in [3.05, 3.63) is 35.9 Å². The second-order valence-corrected chi connectivity index (χ2v) is 8.03. The van der Waals surface area contributed by atoms with Crippen molar-refractivity contribution in [1.82, 2.24) is 4.90 Å². The van der Waals surface area contributed by atoms with Gasteiger partial charge in [0, 0.05) is 11.3 Å². The maximum atomic E-state index is 13.2. The van der Waals surface area contributed by atoms with Gasteiger partial charge < -0.3 is 9.64 Å². The van der Waals surface area contributed by atoms with Crippen LogP contribution >= 0.6 is 11.8 Å². The molecule has 0 spiro atoms. The molecule has 1 amide bonds. The molecule has 1 aliphatic carbocycles. The van der Waals surface area contributed by atoms with Crippen molar-refractivity contribution >= 4 is 23.6 Å². The number of thioether (sulfide) groups is 1. The number of hydrogen-bond donors (Lipinski definition) is 0. The highest BCUT2D eigenvalue weighted by molar-refractivity contribution is 8.00. The van der Waals surface area contributed by atoms with E-state index in [-0.39, 0.29) is 17.3 Å². The molecular weight excluding hydrogens is 334 g/mol. The molecule has 3 rings (SSSR count). The number of amides is 1. The molecule has 2 unspecified atom stereocenters. The maximum Gasteiger partial charge on any atom is 0.329 e. The first kappa shape index (κ1) is 18.3. The van der Waals surface area contributed by atoms with Gasteiger partial charge in [0.1, 0.15) is 6.04 Å². The van der Waals surface area contributed by atoms with Crippen LogP contribution in [0.25, 0.3) is 0 Å². The standard InChI is InChI=1S/C20H27NO3S/c1-2-13-24-20(23)17-14-25-19(16-11-7-4-8-12-16)21(17)18(22)15-9-5-3-6-10-15/h3,5-6,9-10,16-17,19H,2,4,7-8,11-14H2,1H3. The first-order chi connectivity index (χ1) is 12.2. The third-order valence-electron chi connectivity index (χ3n) is 5.06. The Morgan fingerprint density at radius 1 is 1.16 bits per heavy atom. The van der Waals surface area contributed by atoms with Crippen LogP contribution in [0, 0.1) is 5.92 Å². The normalized spacial score (nSPS) is 24.3. The molecule has 1 aromatic rings. The maximum absolute atomic E-state index is 13.2. The number of nitrogens with zero attached hydrogens (tertiary/aromatic N) is 1. The molecule has 0 radical (unpaired) electrons. The van der Waals surface area contributed by atoms with Crippen LogP contribution in [0.3, 0.4) is 0 Å². The largest absolute Gasteiger partial charge is 0.464 e. The van der Waals surface area contributed by atoms with Gasteiger partial charge in [0.25, 0.3) is 5.91 Å². The van der Waals surface area contributed by atoms with Gasteiger partial charge in [0.2, 0.25) is 0 Å². The molecule has 1 saturated carbocycles. The summed E-state index contributed by atoms with van der Waals surface area (Å²) in [7, 11) is 0. The van der Waals surface area contributed by atoms with Crippen LogP contribution in [0.5, 0.6) is 0 Å². The zero-order chi connectivity index (χ0) is 17.6. The summed E-state index contributed by atoms with van der Waals surface area (Å²) in [6, 6.07) is 8.85. The van der Waals surface area contributed by atoms with E-state index in [9.17, 15) is 9.59 Å². The van der Waals surface area contributed by atoms with E-state index in [1.807, 2.05) is 42.2 Å². The Kier molecular flexibility index (Phi) is 6.40. The van der Waals surface area contributed by atoms with Gasteiger partial charge in [-0.15, -0.1) is 11.8 Å². The highest BCUT2D eigenvalue weighted by Gasteiger charge is 2.45. The number of carbonyl (C=O) groups excluding carboxylic acids is 2. The van der Waals surface area contributed by atoms with E-state index in [0.717, 1.165) is 19.3 Å². The van der Waals surface area contributed by atoms with Gasteiger partial charge in [0.05, 0.1) is 12.0 Å². The van der Waals surface area contributed by atoms with Crippen molar-refractivity contribution in [2.75, 3.05) is 12.4 Å². The first-order valence-corrected chi connectivity index (χ1v) is 10.4. The topological polar surface area (TPSA) is 46.6 Å². The van der Waals surface area contributed by atoms with E-state index in [1.54, 1.807) is 11.8 Å². The highest BCUT2D eigenvalue weighted by atomic mass is 32.2. The molecule has 4 nitrogen and oxygen atoms in total. The third kappa shape index (κ3) is 4.20. The molecule has 1 heterocycles. The quantitative estimate of drug-likeness (QED) is 0.741. The lowest BCUT2D eigenvalue weighted by atomic mass is 9.88. The lowest BCUT2D eigenvalue weighted by molar-refractivity contribution is -0.148. The highest BCUT2D eigenvalue weighted by Crippen LogP contribution is 2.41. The van der Waals surface area contributed by atoms with Gasteiger partial charge >= 0.3 is 5.97 Å². The molecular formula is C20H27NO3S. The van der Waals surface area contributed by atoms with Crippen molar-refractivity contribution < 1.29 is 14.3 Å². The molecule has 1 saturated heterocycles. The van der Waals surface area contributed by atoms with Gasteiger partial charge in [-0.25, -0.2) is 4.79 Å². The summed E-state index contributed by atoms with van der Waals surface area (Å²) in [4.78, 5) is 27.6. The predicted molar refractivity (Wildman–Crippen MR) is 100 cm³/mol. The number of ether oxygens (including phenoxy) is 1. The summed E-state index contributed by atoms with van der Waals surface area (Å²) in [5.74, 6) is 0.828. The summed E-state index contributed by atoms with van der Waals surface area (Å²) < 4.78 is 5.38. The average molecular weight is 362 g/mol. The zero-order valence-corrected chi connectivity index (χ0v) is 15.7. The number of hydrogen-bond acceptors (Lipinski definition) is 4. The lowest BCUT2D eigenvalue weighted by Crippen LogP contribution is -2.48. The Morgan fingerprint density at radius 2 is 1.88 bits per heavy atom. The van der Waals surface area contributed by atoms with E-state index in [0.29, 0.717) is 23.8 Å². The smallest absolute Gasteiger partial charge is 0.329 e. The summed E-state index contributed by atoms with van der Waals surface area (Å²) >= 11 is 1.75. The third-order valence-corrected chi connectivity index (χ3v) is 6.53. The van der Waals surface area contributed by atoms with Crippen LogP contribution in [0.15, 0.2) is 30.3 Å². The minimum atomic E-state index is -0.462. The Balaban J connectivity index is 1.83. The molecule has 0 bridgehead atoms. The van der Waals surface area contributed by atoms with Crippen molar-refractivity contribution in [2.45, 2.75) is 56.9 Å². The van der Waals surface area contributed by atoms with Crippen LogP contribution in [0.2, 0.25) is 0 Å². The molecule has 5 heteroatoms. The molecule has 2 atom stereocenters. The van der Waals surface area contributed by atoms with Crippen LogP contribution in [-0.2, 0) is 9.53 Å². The van der Waals surface area contributed by atoms with Crippen molar-refractivity contribution in [3.8, 4) is 0 Å². The van der Waals surface area contributed by atoms with Gasteiger partial charge in [-0.1, -0.05) is 44.4 Å². The molecule has 25 heavy (non-hydrogen) atoms. The molecule has 136 valence electrons. The lowest BCUT2D eigenvalue weighted by Gasteiger charge is -2.35. The second-order valence-electron chi connectivity index (χ2n) is 6.88. The Labute approximate surface area is 154 Å². The first-order valence-electron chi connectivity index (χ1n) is 9.38. The van der Waals surface area contributed by atoms with E-state index < -0.39 is 6.04 Å². The summed E-state index contributed by atoms with van der Waals surface area (Å²) in [5.41, 5.74) is 0.652. The number of carbonyl (C=O) groups is 2. The SMILES string of the molecule is CCCOC(=O)C1CSC(C2CCCCC2)N1C(=O)c1ccccc1. The van der Waals surface area contributed by atoms with Crippen molar-refractivity contribution in [3.63, 3.8) is 0 Å². The number of benzene rings is 1. The molecule has 1 aromatic carbocycles. The zero-order valence-electron chi connectivity index (χ0n) is 14.9. The van der Waals surface area contributed by atoms with Crippen molar-refractivity contribution in [2.24, 2.45) is 5.92 Å². The molecule has 0 aromatic heterocycles. The van der Waals surface area contributed by atoms with E-state index in [2.05, 4.69) is 0 Å². The summed E-state index contributed by atoms with van der Waals surface area (Å²) in [5, 5.41) is 0.0900. The Morgan fingerprint density at radius 3 is 2.56 bits per heavy atom. The van der Waals surface area contributed by atoms with Crippen LogP contribution in [0.4, 0.5) is 0 Å². The predicted octanol–water partition coefficient (Wildman–Crippen LogP) is 4.10. The van der Waals surface area contributed by atoms with Gasteiger partial charge in [-0.05, 0) is 37.3 Å². The molecule has 2 aliphatic rings. The number of esters is 1. The van der Waals surface area contributed by atoms with E-state index >= 15 is 0 Å². The summed E-state index contributed by atoms with van der Waals surface area (Å²) in [6.45, 7) is 2.40. The van der Waals surface area contributed by atoms with Gasteiger partial charge in [-0.2, -0.15) is 0 Å². The average Bonchev–Trinajstić information content (AvgIpc) is 3.12. The fourth-order valence-corrected chi connectivity index (χ4v) is 5.40. The molecule has 2 fully saturated rings. The van der Waals surface area contributed by atoms with Crippen LogP contribution in [-0.4, -0.2) is 40.6 Å². The van der Waals surface area contributed by atoms with Gasteiger partial charge in [-0.3, -0.25) is 4.79 Å². The molecule has 0 N–H and O–H groups in total. The fourth-order valence-electron chi connectivity index (χ4n) is 3.78. The minimum Gasteiger partial charge on any atom is -0.464 e. The Bertz CT molecular complexity index is 586. The van der Waals surface area contributed by atoms with Crippen molar-refractivity contribution in [1.29, 1.82) is 0 Å². The number of rotatable bonds is 5. The molecule has 1 aliphatic heterocycles. The summed E-state index contributed by atoms with van der Waals surface area (Å²) in [6.07, 6.45) is 6.81. The van der Waals surface area contributed by atoms with E-state index in [4.69, 9.17) is 4.74 Å². The Hall–Kier alpha value is -1.49. The minimum absolute atomic E-state index is 0.0420. The monoisotopic (exact) mass is 361 g/mol. The second kappa shape index (κ2) is 8.75. The van der Waals surface area contributed by atoms with Crippen LogP contribution in [0.1, 0.15) is 55.8 Å². The fraction of sp³-hybridized carbons (Fsp3) is 0.600.